The largest absolute Gasteiger partial charge is 0.461 e. The maximum absolute atomic E-state index is 11.0. The minimum atomic E-state index is -0.502. The third-order valence-electron chi connectivity index (χ3n) is 1.16. The van der Waals surface area contributed by atoms with Gasteiger partial charge in [0.25, 0.3) is 0 Å². The number of ether oxygens (including phenoxy) is 1. The zero-order valence-electron chi connectivity index (χ0n) is 6.65. The van der Waals surface area contributed by atoms with Crippen LogP contribution in [0.1, 0.15) is 17.4 Å². The Balaban J connectivity index is 2.81. The summed E-state index contributed by atoms with van der Waals surface area (Å²) in [6.07, 6.45) is 1.36. The average molecular weight is 167 g/mol. The Kier molecular flexibility index (Phi) is 2.57. The van der Waals surface area contributed by atoms with Crippen molar-refractivity contribution in [1.82, 2.24) is 10.2 Å². The fourth-order valence-corrected chi connectivity index (χ4v) is 0.687. The molecule has 0 radical (unpaired) electrons. The highest BCUT2D eigenvalue weighted by molar-refractivity contribution is 5.87. The van der Waals surface area contributed by atoms with Gasteiger partial charge in [0.15, 0.2) is 5.69 Å². The molecule has 0 aromatic carbocycles. The van der Waals surface area contributed by atoms with Crippen LogP contribution in [0.15, 0.2) is 12.3 Å². The Morgan fingerprint density at radius 3 is 3.08 bits per heavy atom. The molecular weight excluding hydrogens is 158 g/mol. The highest BCUT2D eigenvalue weighted by atomic mass is 16.5. The van der Waals surface area contributed by atoms with Crippen LogP contribution in [0.5, 0.6) is 0 Å². The first kappa shape index (κ1) is 8.45. The van der Waals surface area contributed by atoms with Gasteiger partial charge in [-0.2, -0.15) is 5.10 Å². The van der Waals surface area contributed by atoms with E-state index in [0.717, 1.165) is 0 Å². The molecule has 0 saturated carbocycles. The highest BCUT2D eigenvalue weighted by Gasteiger charge is 2.07. The maximum Gasteiger partial charge on any atom is 0.358 e. The van der Waals surface area contributed by atoms with Gasteiger partial charge in [0, 0.05) is 0 Å². The van der Waals surface area contributed by atoms with E-state index < -0.39 is 5.97 Å². The highest BCUT2D eigenvalue weighted by Crippen LogP contribution is 2.01. The van der Waals surface area contributed by atoms with Crippen molar-refractivity contribution in [2.75, 3.05) is 12.3 Å². The van der Waals surface area contributed by atoms with Crippen molar-refractivity contribution in [2.24, 2.45) is 0 Å². The number of esters is 1. The molecule has 0 fully saturated rings. The van der Waals surface area contributed by atoms with Crippen LogP contribution < -0.4 is 5.73 Å². The van der Waals surface area contributed by atoms with E-state index in [4.69, 9.17) is 5.73 Å². The number of aromatic nitrogens is 2. The summed E-state index contributed by atoms with van der Waals surface area (Å²) in [6.45, 7) is 2.03. The van der Waals surface area contributed by atoms with Gasteiger partial charge in [-0.15, -0.1) is 5.10 Å². The second kappa shape index (κ2) is 3.66. The van der Waals surface area contributed by atoms with Crippen LogP contribution >= 0.6 is 0 Å². The molecule has 12 heavy (non-hydrogen) atoms. The molecule has 0 atom stereocenters. The van der Waals surface area contributed by atoms with E-state index in [2.05, 4.69) is 14.9 Å². The van der Waals surface area contributed by atoms with E-state index in [1.807, 2.05) is 0 Å². The molecule has 1 aromatic rings. The van der Waals surface area contributed by atoms with Gasteiger partial charge in [0.1, 0.15) is 0 Å². The number of anilines is 1. The van der Waals surface area contributed by atoms with Gasteiger partial charge in [-0.25, -0.2) is 4.79 Å². The molecule has 0 amide bonds. The quantitative estimate of drug-likeness (QED) is 0.638. The van der Waals surface area contributed by atoms with Crippen LogP contribution in [0.2, 0.25) is 0 Å². The molecule has 0 spiro atoms. The summed E-state index contributed by atoms with van der Waals surface area (Å²) >= 11 is 0. The lowest BCUT2D eigenvalue weighted by Gasteiger charge is -1.99. The van der Waals surface area contributed by atoms with Gasteiger partial charge in [-0.3, -0.25) is 0 Å². The van der Waals surface area contributed by atoms with Crippen molar-refractivity contribution in [2.45, 2.75) is 6.92 Å². The standard InChI is InChI=1S/C7H9N3O2/c1-2-12-7(11)6-3-5(8)4-9-10-6/h3-4H,2H2,1H3,(H2,8,10). The van der Waals surface area contributed by atoms with E-state index >= 15 is 0 Å². The fourth-order valence-electron chi connectivity index (χ4n) is 0.687. The molecule has 1 rings (SSSR count). The minimum absolute atomic E-state index is 0.136. The number of carbonyl (C=O) groups excluding carboxylic acids is 1. The average Bonchev–Trinajstić information content (AvgIpc) is 2.05. The zero-order chi connectivity index (χ0) is 8.97. The van der Waals surface area contributed by atoms with Crippen molar-refractivity contribution in [1.29, 1.82) is 0 Å². The second-order valence-electron chi connectivity index (χ2n) is 2.09. The Morgan fingerprint density at radius 2 is 2.50 bits per heavy atom. The fraction of sp³-hybridized carbons (Fsp3) is 0.286. The molecule has 0 aliphatic rings. The smallest absolute Gasteiger partial charge is 0.358 e. The lowest BCUT2D eigenvalue weighted by Crippen LogP contribution is -2.08. The molecular formula is C7H9N3O2. The first-order valence-corrected chi connectivity index (χ1v) is 3.49. The number of nitrogens with two attached hydrogens (primary N) is 1. The normalized spacial score (nSPS) is 9.42. The number of nitrogens with zero attached hydrogens (tertiary/aromatic N) is 2. The molecule has 5 heteroatoms. The molecule has 0 bridgehead atoms. The van der Waals surface area contributed by atoms with Crippen molar-refractivity contribution in [3.63, 3.8) is 0 Å². The molecule has 0 aliphatic heterocycles. The molecule has 2 N–H and O–H groups in total. The molecule has 0 saturated heterocycles. The summed E-state index contributed by atoms with van der Waals surface area (Å²) in [7, 11) is 0. The second-order valence-corrected chi connectivity index (χ2v) is 2.09. The van der Waals surface area contributed by atoms with Gasteiger partial charge >= 0.3 is 5.97 Å². The molecule has 5 nitrogen and oxygen atoms in total. The maximum atomic E-state index is 11.0. The van der Waals surface area contributed by atoms with Gasteiger partial charge in [0.05, 0.1) is 18.5 Å². The van der Waals surface area contributed by atoms with E-state index in [0.29, 0.717) is 12.3 Å². The van der Waals surface area contributed by atoms with Crippen LogP contribution in [0, 0.1) is 0 Å². The number of carbonyl (C=O) groups is 1. The van der Waals surface area contributed by atoms with Gasteiger partial charge in [-0.05, 0) is 13.0 Å². The van der Waals surface area contributed by atoms with Gasteiger partial charge in [-0.1, -0.05) is 0 Å². The predicted molar refractivity (Wildman–Crippen MR) is 42.4 cm³/mol. The Hall–Kier alpha value is -1.65. The van der Waals surface area contributed by atoms with Crippen molar-refractivity contribution >= 4 is 11.7 Å². The van der Waals surface area contributed by atoms with Crippen molar-refractivity contribution in [3.05, 3.63) is 18.0 Å². The first-order valence-electron chi connectivity index (χ1n) is 3.49. The zero-order valence-corrected chi connectivity index (χ0v) is 6.65. The van der Waals surface area contributed by atoms with Crippen molar-refractivity contribution in [3.8, 4) is 0 Å². The molecule has 1 aromatic heterocycles. The summed E-state index contributed by atoms with van der Waals surface area (Å²) < 4.78 is 4.69. The summed E-state index contributed by atoms with van der Waals surface area (Å²) in [5, 5.41) is 7.07. The first-order chi connectivity index (χ1) is 5.74. The van der Waals surface area contributed by atoms with Crippen LogP contribution in [-0.4, -0.2) is 22.8 Å². The summed E-state index contributed by atoms with van der Waals surface area (Å²) in [6, 6.07) is 1.42. The van der Waals surface area contributed by atoms with Crippen LogP contribution in [0.3, 0.4) is 0 Å². The summed E-state index contributed by atoms with van der Waals surface area (Å²) in [5.74, 6) is -0.502. The predicted octanol–water partition coefficient (Wildman–Crippen LogP) is 0.235. The Bertz CT molecular complexity index is 288. The molecule has 0 aliphatic carbocycles. The van der Waals surface area contributed by atoms with Crippen LogP contribution in [-0.2, 0) is 4.74 Å². The van der Waals surface area contributed by atoms with E-state index in [9.17, 15) is 4.79 Å². The molecule has 0 unspecified atom stereocenters. The van der Waals surface area contributed by atoms with Crippen molar-refractivity contribution < 1.29 is 9.53 Å². The van der Waals surface area contributed by atoms with E-state index in [1.165, 1.54) is 12.3 Å². The van der Waals surface area contributed by atoms with E-state index in [-0.39, 0.29) is 5.69 Å². The number of nitrogen functional groups attached to an aromatic ring is 1. The lowest BCUT2D eigenvalue weighted by atomic mass is 10.3. The Morgan fingerprint density at radius 1 is 1.75 bits per heavy atom. The lowest BCUT2D eigenvalue weighted by molar-refractivity contribution is 0.0518. The van der Waals surface area contributed by atoms with Crippen LogP contribution in [0.4, 0.5) is 5.69 Å². The number of hydrogen-bond acceptors (Lipinski definition) is 5. The summed E-state index contributed by atoms with van der Waals surface area (Å²) in [5.41, 5.74) is 5.91. The summed E-state index contributed by atoms with van der Waals surface area (Å²) in [4.78, 5) is 11.0. The van der Waals surface area contributed by atoms with E-state index in [1.54, 1.807) is 6.92 Å². The monoisotopic (exact) mass is 167 g/mol. The topological polar surface area (TPSA) is 78.1 Å². The van der Waals surface area contributed by atoms with Gasteiger partial charge < -0.3 is 10.5 Å². The Labute approximate surface area is 69.5 Å². The number of rotatable bonds is 2. The SMILES string of the molecule is CCOC(=O)c1cc(N)cnn1. The van der Waals surface area contributed by atoms with Crippen LogP contribution in [0.25, 0.3) is 0 Å². The molecule has 1 heterocycles. The molecule has 64 valence electrons. The minimum Gasteiger partial charge on any atom is -0.461 e. The van der Waals surface area contributed by atoms with Gasteiger partial charge in [0.2, 0.25) is 0 Å². The third-order valence-corrected chi connectivity index (χ3v) is 1.16. The number of hydrogen-bond donors (Lipinski definition) is 1. The third kappa shape index (κ3) is 1.91.